The van der Waals surface area contributed by atoms with Gasteiger partial charge in [-0.2, -0.15) is 0 Å². The molecule has 0 fully saturated rings. The minimum Gasteiger partial charge on any atom is -0.396 e. The second-order valence-electron chi connectivity index (χ2n) is 3.03. The third-order valence-electron chi connectivity index (χ3n) is 1.68. The first kappa shape index (κ1) is 13.1. The molecule has 0 amide bonds. The van der Waals surface area contributed by atoms with Crippen molar-refractivity contribution in [2.75, 3.05) is 19.1 Å². The number of hydrogen-bond acceptors (Lipinski definition) is 4. The zero-order valence-corrected chi connectivity index (χ0v) is 8.70. The molecule has 3 atom stereocenters. The number of alkyl halides is 1. The van der Waals surface area contributed by atoms with Crippen molar-refractivity contribution in [2.24, 2.45) is 5.92 Å². The maximum Gasteiger partial charge on any atom is 0.116 e. The summed E-state index contributed by atoms with van der Waals surface area (Å²) in [6.07, 6.45) is -0.960. The Bertz CT molecular complexity index is 115. The van der Waals surface area contributed by atoms with Crippen LogP contribution in [-0.4, -0.2) is 41.5 Å². The fourth-order valence-electron chi connectivity index (χ4n) is 0.469. The number of hydrogen-bond donors (Lipinski definition) is 2. The quantitative estimate of drug-likeness (QED) is 0.368. The van der Waals surface area contributed by atoms with Crippen molar-refractivity contribution >= 4 is 11.6 Å². The average Bonchev–Trinajstić information content (AvgIpc) is 2.12. The van der Waals surface area contributed by atoms with E-state index in [9.17, 15) is 0 Å². The molecule has 0 bridgehead atoms. The molecule has 0 aliphatic carbocycles. The number of halogens is 1. The lowest BCUT2D eigenvalue weighted by Crippen LogP contribution is -2.25. The van der Waals surface area contributed by atoms with Crippen molar-refractivity contribution in [3.63, 3.8) is 0 Å². The minimum atomic E-state index is -0.580. The largest absolute Gasteiger partial charge is 0.396 e. The van der Waals surface area contributed by atoms with Crippen molar-refractivity contribution in [2.45, 2.75) is 26.1 Å². The summed E-state index contributed by atoms with van der Waals surface area (Å²) < 4.78 is 0. The number of rotatable bonds is 7. The monoisotopic (exact) mass is 212 g/mol. The molecular formula is C8H17ClO4. The maximum atomic E-state index is 9.02. The number of aliphatic hydroxyl groups is 2. The Balaban J connectivity index is 3.43. The minimum absolute atomic E-state index is 0.0318. The van der Waals surface area contributed by atoms with Crippen LogP contribution in [0.15, 0.2) is 0 Å². The smallest absolute Gasteiger partial charge is 0.116 e. The van der Waals surface area contributed by atoms with Gasteiger partial charge >= 0.3 is 0 Å². The summed E-state index contributed by atoms with van der Waals surface area (Å²) in [5.74, 6) is 0.200. The van der Waals surface area contributed by atoms with Gasteiger partial charge < -0.3 is 10.2 Å². The maximum absolute atomic E-state index is 9.02. The summed E-state index contributed by atoms with van der Waals surface area (Å²) in [5.41, 5.74) is 0. The van der Waals surface area contributed by atoms with E-state index in [4.69, 9.17) is 31.6 Å². The summed E-state index contributed by atoms with van der Waals surface area (Å²) in [6.45, 7) is 3.51. The highest BCUT2D eigenvalue weighted by molar-refractivity contribution is 6.18. The van der Waals surface area contributed by atoms with Crippen LogP contribution in [0.4, 0.5) is 0 Å². The fourth-order valence-corrected chi connectivity index (χ4v) is 0.656. The van der Waals surface area contributed by atoms with Crippen LogP contribution in [0.25, 0.3) is 0 Å². The summed E-state index contributed by atoms with van der Waals surface area (Å²) in [4.78, 5) is 9.61. The first-order chi connectivity index (χ1) is 6.11. The van der Waals surface area contributed by atoms with Gasteiger partial charge in [-0.3, -0.25) is 0 Å². The molecule has 0 heterocycles. The molecular weight excluding hydrogens is 196 g/mol. The van der Waals surface area contributed by atoms with Crippen LogP contribution < -0.4 is 0 Å². The molecule has 2 N–H and O–H groups in total. The van der Waals surface area contributed by atoms with Gasteiger partial charge in [-0.1, -0.05) is 0 Å². The first-order valence-corrected chi connectivity index (χ1v) is 4.78. The second-order valence-corrected chi connectivity index (χ2v) is 3.34. The lowest BCUT2D eigenvalue weighted by molar-refractivity contribution is -0.338. The molecule has 0 saturated heterocycles. The van der Waals surface area contributed by atoms with E-state index < -0.39 is 6.10 Å². The summed E-state index contributed by atoms with van der Waals surface area (Å²) in [7, 11) is 0. The molecule has 0 rings (SSSR count). The van der Waals surface area contributed by atoms with Crippen LogP contribution in [0.2, 0.25) is 0 Å². The molecule has 0 aliphatic heterocycles. The molecule has 0 saturated carbocycles. The lowest BCUT2D eigenvalue weighted by atomic mass is 10.2. The summed E-state index contributed by atoms with van der Waals surface area (Å²) in [6, 6.07) is 0. The Kier molecular flexibility index (Phi) is 7.60. The van der Waals surface area contributed by atoms with E-state index in [1.54, 1.807) is 13.8 Å². The highest BCUT2D eigenvalue weighted by Crippen LogP contribution is 2.03. The lowest BCUT2D eigenvalue weighted by Gasteiger charge is -2.16. The van der Waals surface area contributed by atoms with Gasteiger partial charge in [0.15, 0.2) is 0 Å². The van der Waals surface area contributed by atoms with Crippen LogP contribution in [0, 0.1) is 5.92 Å². The molecule has 0 aliphatic rings. The van der Waals surface area contributed by atoms with Crippen LogP contribution in [0.1, 0.15) is 13.8 Å². The molecule has 13 heavy (non-hydrogen) atoms. The Morgan fingerprint density at radius 3 is 2.38 bits per heavy atom. The molecule has 4 nitrogen and oxygen atoms in total. The van der Waals surface area contributed by atoms with E-state index in [-0.39, 0.29) is 25.2 Å². The van der Waals surface area contributed by atoms with Crippen LogP contribution in [0.5, 0.6) is 0 Å². The van der Waals surface area contributed by atoms with Gasteiger partial charge in [0.25, 0.3) is 0 Å². The van der Waals surface area contributed by atoms with Crippen molar-refractivity contribution < 1.29 is 20.0 Å². The van der Waals surface area contributed by atoms with E-state index in [0.717, 1.165) is 0 Å². The van der Waals surface area contributed by atoms with E-state index in [0.29, 0.717) is 5.88 Å². The fraction of sp³-hybridized carbons (Fsp3) is 1.00. The highest BCUT2D eigenvalue weighted by Gasteiger charge is 2.12. The molecule has 0 aromatic carbocycles. The van der Waals surface area contributed by atoms with Crippen LogP contribution >= 0.6 is 11.6 Å². The van der Waals surface area contributed by atoms with Gasteiger partial charge in [-0.05, 0) is 13.8 Å². The predicted octanol–water partition coefficient (Wildman–Crippen LogP) is 0.551. The summed E-state index contributed by atoms with van der Waals surface area (Å²) >= 11 is 5.50. The van der Waals surface area contributed by atoms with Gasteiger partial charge in [0.2, 0.25) is 0 Å². The summed E-state index contributed by atoms with van der Waals surface area (Å²) in [5, 5.41) is 17.8. The zero-order chi connectivity index (χ0) is 10.3. The normalized spacial score (nSPS) is 18.2. The standard InChI is InChI=1S/C8H17ClO4/c1-6(11)7(2)13-12-5-8(3-9)4-10/h6-8,10-11H,3-5H2,1-2H3. The third-order valence-corrected chi connectivity index (χ3v) is 2.12. The molecule has 3 unspecified atom stereocenters. The molecule has 80 valence electrons. The molecule has 0 aromatic rings. The number of aliphatic hydroxyl groups excluding tert-OH is 2. The molecule has 0 aromatic heterocycles. The van der Waals surface area contributed by atoms with Gasteiger partial charge in [0, 0.05) is 18.4 Å². The second kappa shape index (κ2) is 7.53. The Morgan fingerprint density at radius 2 is 2.00 bits per heavy atom. The van der Waals surface area contributed by atoms with E-state index >= 15 is 0 Å². The zero-order valence-electron chi connectivity index (χ0n) is 7.94. The van der Waals surface area contributed by atoms with E-state index in [2.05, 4.69) is 0 Å². The van der Waals surface area contributed by atoms with Crippen LogP contribution in [0.3, 0.4) is 0 Å². The third kappa shape index (κ3) is 6.23. The van der Waals surface area contributed by atoms with Crippen molar-refractivity contribution in [1.82, 2.24) is 0 Å². The Hall–Kier alpha value is 0.130. The van der Waals surface area contributed by atoms with E-state index in [1.165, 1.54) is 0 Å². The molecule has 0 radical (unpaired) electrons. The van der Waals surface area contributed by atoms with Gasteiger partial charge in [-0.25, -0.2) is 9.78 Å². The predicted molar refractivity (Wildman–Crippen MR) is 49.5 cm³/mol. The van der Waals surface area contributed by atoms with Crippen molar-refractivity contribution in [1.29, 1.82) is 0 Å². The Labute approximate surface area is 83.3 Å². The molecule has 0 spiro atoms. The topological polar surface area (TPSA) is 58.9 Å². The first-order valence-electron chi connectivity index (χ1n) is 4.25. The van der Waals surface area contributed by atoms with Crippen LogP contribution in [-0.2, 0) is 9.78 Å². The van der Waals surface area contributed by atoms with Gasteiger partial charge in [0.1, 0.15) is 6.10 Å². The van der Waals surface area contributed by atoms with Gasteiger partial charge in [0.05, 0.1) is 12.7 Å². The Morgan fingerprint density at radius 1 is 1.38 bits per heavy atom. The van der Waals surface area contributed by atoms with Crippen molar-refractivity contribution in [3.8, 4) is 0 Å². The molecule has 5 heteroatoms. The van der Waals surface area contributed by atoms with Crippen molar-refractivity contribution in [3.05, 3.63) is 0 Å². The van der Waals surface area contributed by atoms with Gasteiger partial charge in [-0.15, -0.1) is 11.6 Å². The average molecular weight is 213 g/mol. The van der Waals surface area contributed by atoms with E-state index in [1.807, 2.05) is 0 Å². The SMILES string of the molecule is CC(O)C(C)OOCC(CO)CCl. The highest BCUT2D eigenvalue weighted by atomic mass is 35.5.